The molecule has 142 valence electrons. The summed E-state index contributed by atoms with van der Waals surface area (Å²) in [5.41, 5.74) is 8.00. The number of fused-ring (bicyclic) bond motifs is 1. The van der Waals surface area contributed by atoms with E-state index in [1.807, 2.05) is 30.3 Å². The van der Waals surface area contributed by atoms with E-state index in [1.54, 1.807) is 29.1 Å². The van der Waals surface area contributed by atoms with Gasteiger partial charge in [0.2, 0.25) is 5.91 Å². The first-order chi connectivity index (χ1) is 13.6. The lowest BCUT2D eigenvalue weighted by Crippen LogP contribution is -2.34. The zero-order valence-electron chi connectivity index (χ0n) is 15.4. The van der Waals surface area contributed by atoms with Crippen molar-refractivity contribution in [2.24, 2.45) is 5.73 Å². The summed E-state index contributed by atoms with van der Waals surface area (Å²) in [5, 5.41) is 0. The van der Waals surface area contributed by atoms with Gasteiger partial charge in [-0.3, -0.25) is 24.0 Å². The first-order valence-corrected chi connectivity index (χ1v) is 9.19. The van der Waals surface area contributed by atoms with Crippen LogP contribution in [0, 0.1) is 0 Å². The van der Waals surface area contributed by atoms with Gasteiger partial charge in [-0.15, -0.1) is 0 Å². The van der Waals surface area contributed by atoms with E-state index >= 15 is 0 Å². The van der Waals surface area contributed by atoms with Crippen molar-refractivity contribution in [3.05, 3.63) is 82.7 Å². The summed E-state index contributed by atoms with van der Waals surface area (Å²) in [6.45, 7) is 2.22. The fourth-order valence-corrected chi connectivity index (χ4v) is 3.56. The maximum atomic E-state index is 12.8. The fourth-order valence-electron chi connectivity index (χ4n) is 3.56. The van der Waals surface area contributed by atoms with Gasteiger partial charge in [0, 0.05) is 50.2 Å². The molecule has 0 aliphatic carbocycles. The van der Waals surface area contributed by atoms with Crippen LogP contribution in [-0.2, 0) is 17.9 Å². The molecule has 1 atom stereocenters. The molecule has 0 fully saturated rings. The lowest BCUT2D eigenvalue weighted by atomic mass is 10.1. The molecular weight excluding hydrogens is 354 g/mol. The van der Waals surface area contributed by atoms with Gasteiger partial charge in [-0.2, -0.15) is 0 Å². The number of aromatic nitrogens is 3. The van der Waals surface area contributed by atoms with E-state index < -0.39 is 11.8 Å². The summed E-state index contributed by atoms with van der Waals surface area (Å²) >= 11 is 0. The fraction of sp³-hybridized carbons (Fsp3) is 0.238. The number of nitrogens with two attached hydrogens (primary N) is 1. The largest absolute Gasteiger partial charge is 0.369 e. The average Bonchev–Trinajstić information content (AvgIpc) is 2.90. The molecule has 0 radical (unpaired) electrons. The first kappa shape index (κ1) is 18.1. The van der Waals surface area contributed by atoms with Crippen molar-refractivity contribution < 1.29 is 4.79 Å². The lowest BCUT2D eigenvalue weighted by Gasteiger charge is -2.22. The summed E-state index contributed by atoms with van der Waals surface area (Å²) < 4.78 is 1.57. The van der Waals surface area contributed by atoms with E-state index in [2.05, 4.69) is 14.9 Å². The van der Waals surface area contributed by atoms with Crippen molar-refractivity contribution >= 4 is 5.91 Å². The van der Waals surface area contributed by atoms with Gasteiger partial charge in [-0.05, 0) is 17.7 Å². The second-order valence-corrected chi connectivity index (χ2v) is 6.90. The van der Waals surface area contributed by atoms with Gasteiger partial charge in [0.05, 0.1) is 5.69 Å². The molecule has 2 aromatic heterocycles. The van der Waals surface area contributed by atoms with Crippen molar-refractivity contribution in [1.82, 2.24) is 19.4 Å². The van der Waals surface area contributed by atoms with Crippen LogP contribution in [0.25, 0.3) is 11.3 Å². The summed E-state index contributed by atoms with van der Waals surface area (Å²) in [5.74, 6) is -0.699. The van der Waals surface area contributed by atoms with Crippen molar-refractivity contribution in [1.29, 1.82) is 0 Å². The summed E-state index contributed by atoms with van der Waals surface area (Å²) in [7, 11) is 0. The molecule has 7 nitrogen and oxygen atoms in total. The summed E-state index contributed by atoms with van der Waals surface area (Å²) in [6.07, 6.45) is 3.29. The summed E-state index contributed by atoms with van der Waals surface area (Å²) in [4.78, 5) is 35.8. The summed E-state index contributed by atoms with van der Waals surface area (Å²) in [6, 6.07) is 15.1. The topological polar surface area (TPSA) is 94.1 Å². The lowest BCUT2D eigenvalue weighted by molar-refractivity contribution is -0.120. The smallest absolute Gasteiger partial charge is 0.254 e. The Balaban J connectivity index is 1.71. The number of hydrogen-bond donors (Lipinski definition) is 1. The van der Waals surface area contributed by atoms with E-state index in [0.717, 1.165) is 11.1 Å². The molecule has 1 aliphatic heterocycles. The molecular formula is C21H21N5O2. The normalized spacial score (nSPS) is 16.9. The predicted molar refractivity (Wildman–Crippen MR) is 105 cm³/mol. The molecule has 0 saturated carbocycles. The molecule has 0 saturated heterocycles. The molecule has 28 heavy (non-hydrogen) atoms. The molecule has 1 unspecified atom stereocenters. The first-order valence-electron chi connectivity index (χ1n) is 9.19. The molecule has 0 spiro atoms. The highest BCUT2D eigenvalue weighted by molar-refractivity contribution is 5.81. The Hall–Kier alpha value is -3.32. The van der Waals surface area contributed by atoms with E-state index in [-0.39, 0.29) is 5.56 Å². The van der Waals surface area contributed by atoms with Gasteiger partial charge >= 0.3 is 0 Å². The van der Waals surface area contributed by atoms with Crippen molar-refractivity contribution in [2.75, 3.05) is 13.1 Å². The maximum absolute atomic E-state index is 12.8. The van der Waals surface area contributed by atoms with Crippen LogP contribution in [0.2, 0.25) is 0 Å². The highest BCUT2D eigenvalue weighted by atomic mass is 16.1. The zero-order chi connectivity index (χ0) is 19.5. The van der Waals surface area contributed by atoms with Gasteiger partial charge in [0.15, 0.2) is 0 Å². The van der Waals surface area contributed by atoms with Crippen LogP contribution in [0.15, 0.2) is 65.7 Å². The number of carbonyl (C=O) groups excluding carboxylic acids is 1. The van der Waals surface area contributed by atoms with Gasteiger partial charge in [0.1, 0.15) is 11.7 Å². The Morgan fingerprint density at radius 3 is 2.57 bits per heavy atom. The van der Waals surface area contributed by atoms with Crippen LogP contribution in [0.4, 0.5) is 0 Å². The van der Waals surface area contributed by atoms with Gasteiger partial charge in [-0.1, -0.05) is 30.3 Å². The molecule has 1 aromatic carbocycles. The minimum absolute atomic E-state index is 0.176. The molecule has 3 aromatic rings. The molecule has 0 bridgehead atoms. The Bertz CT molecular complexity index is 1030. The monoisotopic (exact) mass is 375 g/mol. The number of primary amides is 1. The van der Waals surface area contributed by atoms with E-state index in [1.165, 1.54) is 6.07 Å². The second-order valence-electron chi connectivity index (χ2n) is 6.90. The van der Waals surface area contributed by atoms with Crippen LogP contribution in [0.1, 0.15) is 17.3 Å². The predicted octanol–water partition coefficient (Wildman–Crippen LogP) is 1.39. The average molecular weight is 375 g/mol. The van der Waals surface area contributed by atoms with E-state index in [4.69, 9.17) is 5.73 Å². The van der Waals surface area contributed by atoms with Crippen LogP contribution in [0.5, 0.6) is 0 Å². The number of nitrogens with zero attached hydrogens (tertiary/aromatic N) is 4. The molecule has 1 aliphatic rings. The highest BCUT2D eigenvalue weighted by Crippen LogP contribution is 2.22. The van der Waals surface area contributed by atoms with Crippen molar-refractivity contribution in [3.63, 3.8) is 0 Å². The van der Waals surface area contributed by atoms with E-state index in [0.29, 0.717) is 37.7 Å². The molecule has 3 heterocycles. The number of carbonyl (C=O) groups is 1. The van der Waals surface area contributed by atoms with Crippen LogP contribution in [-0.4, -0.2) is 38.4 Å². The number of amides is 1. The Morgan fingerprint density at radius 1 is 1.11 bits per heavy atom. The minimum Gasteiger partial charge on any atom is -0.369 e. The third kappa shape index (κ3) is 3.70. The molecule has 7 heteroatoms. The second kappa shape index (κ2) is 7.74. The number of benzene rings is 1. The number of hydrogen-bond acceptors (Lipinski definition) is 5. The van der Waals surface area contributed by atoms with Gasteiger partial charge < -0.3 is 5.73 Å². The standard InChI is InChI=1S/C21H21N5O2/c22-20(28)17-14-25(13-15-4-2-1-3-5-15)10-11-26-19(27)12-18(24-21(17)26)16-6-8-23-9-7-16/h1-9,12,17H,10-11,13-14H2,(H2,22,28). The maximum Gasteiger partial charge on any atom is 0.254 e. The third-order valence-corrected chi connectivity index (χ3v) is 5.00. The SMILES string of the molecule is NC(=O)C1CN(Cc2ccccc2)CCn2c1nc(-c1ccncc1)cc2=O. The third-order valence-electron chi connectivity index (χ3n) is 5.00. The molecule has 2 N–H and O–H groups in total. The van der Waals surface area contributed by atoms with Crippen LogP contribution >= 0.6 is 0 Å². The van der Waals surface area contributed by atoms with Crippen molar-refractivity contribution in [3.8, 4) is 11.3 Å². The van der Waals surface area contributed by atoms with Gasteiger partial charge in [0.25, 0.3) is 5.56 Å². The van der Waals surface area contributed by atoms with Crippen LogP contribution < -0.4 is 11.3 Å². The molecule has 1 amide bonds. The molecule has 4 rings (SSSR count). The van der Waals surface area contributed by atoms with Crippen LogP contribution in [0.3, 0.4) is 0 Å². The number of pyridine rings is 1. The number of rotatable bonds is 4. The van der Waals surface area contributed by atoms with Gasteiger partial charge in [-0.25, -0.2) is 4.98 Å². The Kier molecular flexibility index (Phi) is 4.99. The van der Waals surface area contributed by atoms with Crippen molar-refractivity contribution in [2.45, 2.75) is 19.0 Å². The highest BCUT2D eigenvalue weighted by Gasteiger charge is 2.30. The Labute approximate surface area is 162 Å². The quantitative estimate of drug-likeness (QED) is 0.744. The minimum atomic E-state index is -0.652. The van der Waals surface area contributed by atoms with E-state index in [9.17, 15) is 9.59 Å². The zero-order valence-corrected chi connectivity index (χ0v) is 15.4. The Morgan fingerprint density at radius 2 is 1.86 bits per heavy atom.